The topological polar surface area (TPSA) is 61.8 Å². The third kappa shape index (κ3) is 3.38. The predicted octanol–water partition coefficient (Wildman–Crippen LogP) is 3.18. The number of phenols is 1. The summed E-state index contributed by atoms with van der Waals surface area (Å²) in [5.74, 6) is 0.422. The van der Waals surface area contributed by atoms with E-state index in [1.807, 2.05) is 6.92 Å². The van der Waals surface area contributed by atoms with Crippen molar-refractivity contribution in [3.8, 4) is 11.5 Å². The second kappa shape index (κ2) is 7.21. The molecule has 0 unspecified atom stereocenters. The van der Waals surface area contributed by atoms with E-state index in [4.69, 9.17) is 17.0 Å². The van der Waals surface area contributed by atoms with E-state index >= 15 is 0 Å². The average Bonchev–Trinajstić information content (AvgIpc) is 2.85. The first-order valence-electron chi connectivity index (χ1n) is 8.42. The Morgan fingerprint density at radius 2 is 2.12 bits per heavy atom. The lowest BCUT2D eigenvalue weighted by Crippen LogP contribution is -2.41. The summed E-state index contributed by atoms with van der Waals surface area (Å²) in [6.45, 7) is 2.32. The molecule has 1 saturated carbocycles. The van der Waals surface area contributed by atoms with E-state index in [-0.39, 0.29) is 17.7 Å². The fourth-order valence-electron chi connectivity index (χ4n) is 3.28. The van der Waals surface area contributed by atoms with Gasteiger partial charge >= 0.3 is 0 Å². The van der Waals surface area contributed by atoms with Gasteiger partial charge in [0, 0.05) is 6.04 Å². The summed E-state index contributed by atoms with van der Waals surface area (Å²) < 4.78 is 5.39. The average molecular weight is 346 g/mol. The minimum Gasteiger partial charge on any atom is -0.504 e. The summed E-state index contributed by atoms with van der Waals surface area (Å²) in [6.07, 6.45) is 7.29. The van der Waals surface area contributed by atoms with Crippen LogP contribution in [0.3, 0.4) is 0 Å². The van der Waals surface area contributed by atoms with Crippen molar-refractivity contribution in [1.29, 1.82) is 0 Å². The third-order valence-corrected chi connectivity index (χ3v) is 4.74. The number of carbonyl (C=O) groups is 1. The summed E-state index contributed by atoms with van der Waals surface area (Å²) >= 11 is 5.37. The van der Waals surface area contributed by atoms with Crippen molar-refractivity contribution in [2.75, 3.05) is 6.61 Å². The van der Waals surface area contributed by atoms with Gasteiger partial charge in [0.15, 0.2) is 16.6 Å². The van der Waals surface area contributed by atoms with Gasteiger partial charge in [-0.1, -0.05) is 25.3 Å². The van der Waals surface area contributed by atoms with Crippen LogP contribution in [0, 0.1) is 0 Å². The maximum Gasteiger partial charge on any atom is 0.276 e. The van der Waals surface area contributed by atoms with Crippen molar-refractivity contribution in [3.05, 3.63) is 29.5 Å². The number of phenolic OH excluding ortho intramolecular Hbond substituents is 1. The van der Waals surface area contributed by atoms with Crippen LogP contribution in [0.2, 0.25) is 0 Å². The Morgan fingerprint density at radius 1 is 1.38 bits per heavy atom. The molecule has 0 radical (unpaired) electrons. The highest BCUT2D eigenvalue weighted by molar-refractivity contribution is 7.80. The molecule has 1 amide bonds. The Bertz CT molecular complexity index is 681. The van der Waals surface area contributed by atoms with E-state index in [0.717, 1.165) is 31.2 Å². The van der Waals surface area contributed by atoms with Gasteiger partial charge < -0.3 is 15.2 Å². The predicted molar refractivity (Wildman–Crippen MR) is 96.7 cm³/mol. The number of rotatable bonds is 4. The maximum absolute atomic E-state index is 12.7. The van der Waals surface area contributed by atoms with Crippen molar-refractivity contribution in [1.82, 2.24) is 10.2 Å². The molecule has 2 fully saturated rings. The van der Waals surface area contributed by atoms with Crippen LogP contribution >= 0.6 is 12.2 Å². The number of nitrogens with one attached hydrogen (secondary N) is 1. The molecular formula is C18H22N2O3S. The van der Waals surface area contributed by atoms with E-state index in [0.29, 0.717) is 23.2 Å². The van der Waals surface area contributed by atoms with E-state index in [9.17, 15) is 9.90 Å². The molecule has 0 aromatic heterocycles. The standard InChI is InChI=1S/C18H22N2O3S/c1-2-23-16-11-12(8-9-15(16)21)10-14-17(22)20(18(24)19-14)13-6-4-3-5-7-13/h8-11,13,21H,2-7H2,1H3,(H,19,24)/b14-10-. The fraction of sp³-hybridized carbons (Fsp3) is 0.444. The molecule has 24 heavy (non-hydrogen) atoms. The van der Waals surface area contributed by atoms with Gasteiger partial charge in [-0.05, 0) is 55.8 Å². The van der Waals surface area contributed by atoms with Crippen molar-refractivity contribution >= 4 is 29.3 Å². The monoisotopic (exact) mass is 346 g/mol. The van der Waals surface area contributed by atoms with Crippen LogP contribution < -0.4 is 10.1 Å². The molecule has 3 rings (SSSR count). The molecule has 2 aliphatic rings. The number of aromatic hydroxyl groups is 1. The highest BCUT2D eigenvalue weighted by Crippen LogP contribution is 2.29. The van der Waals surface area contributed by atoms with Gasteiger partial charge in [-0.2, -0.15) is 0 Å². The minimum atomic E-state index is -0.0714. The maximum atomic E-state index is 12.7. The van der Waals surface area contributed by atoms with Crippen molar-refractivity contribution < 1.29 is 14.6 Å². The number of hydrogen-bond acceptors (Lipinski definition) is 4. The lowest BCUT2D eigenvalue weighted by Gasteiger charge is -2.29. The molecule has 0 bridgehead atoms. The number of hydrogen-bond donors (Lipinski definition) is 2. The van der Waals surface area contributed by atoms with Crippen LogP contribution in [-0.4, -0.2) is 33.7 Å². The molecule has 1 aromatic carbocycles. The fourth-order valence-corrected chi connectivity index (χ4v) is 3.62. The molecule has 1 aromatic rings. The van der Waals surface area contributed by atoms with Crippen LogP contribution in [0.4, 0.5) is 0 Å². The number of ether oxygens (including phenoxy) is 1. The molecule has 0 atom stereocenters. The zero-order valence-electron chi connectivity index (χ0n) is 13.7. The van der Waals surface area contributed by atoms with Crippen molar-refractivity contribution in [2.24, 2.45) is 0 Å². The molecule has 2 N–H and O–H groups in total. The number of benzene rings is 1. The van der Waals surface area contributed by atoms with Crippen molar-refractivity contribution in [2.45, 2.75) is 45.1 Å². The Morgan fingerprint density at radius 3 is 2.83 bits per heavy atom. The third-order valence-electron chi connectivity index (χ3n) is 4.44. The summed E-state index contributed by atoms with van der Waals surface area (Å²) in [5.41, 5.74) is 1.25. The van der Waals surface area contributed by atoms with E-state index in [1.165, 1.54) is 6.42 Å². The van der Waals surface area contributed by atoms with Crippen LogP contribution in [0.1, 0.15) is 44.6 Å². The minimum absolute atomic E-state index is 0.0714. The molecule has 128 valence electrons. The van der Waals surface area contributed by atoms with Crippen LogP contribution in [0.15, 0.2) is 23.9 Å². The van der Waals surface area contributed by atoms with Crippen LogP contribution in [0.5, 0.6) is 11.5 Å². The Hall–Kier alpha value is -2.08. The molecule has 0 spiro atoms. The van der Waals surface area contributed by atoms with Crippen LogP contribution in [0.25, 0.3) is 6.08 Å². The quantitative estimate of drug-likeness (QED) is 0.648. The first-order valence-corrected chi connectivity index (χ1v) is 8.83. The number of nitrogens with zero attached hydrogens (tertiary/aromatic N) is 1. The van der Waals surface area contributed by atoms with E-state index in [1.54, 1.807) is 29.2 Å². The molecule has 1 saturated heterocycles. The SMILES string of the molecule is CCOc1cc(/C=C2\NC(=S)N(C3CCCCC3)C2=O)ccc1O. The summed E-state index contributed by atoms with van der Waals surface area (Å²) in [4.78, 5) is 14.5. The Balaban J connectivity index is 1.82. The number of carbonyl (C=O) groups excluding carboxylic acids is 1. The molecule has 1 heterocycles. The lowest BCUT2D eigenvalue weighted by atomic mass is 9.94. The Labute approximate surface area is 147 Å². The number of amides is 1. The van der Waals surface area contributed by atoms with Gasteiger partial charge in [-0.25, -0.2) is 0 Å². The van der Waals surface area contributed by atoms with Gasteiger partial charge in [0.2, 0.25) is 0 Å². The van der Waals surface area contributed by atoms with Gasteiger partial charge in [-0.15, -0.1) is 0 Å². The largest absolute Gasteiger partial charge is 0.504 e. The highest BCUT2D eigenvalue weighted by Gasteiger charge is 2.36. The highest BCUT2D eigenvalue weighted by atomic mass is 32.1. The first-order chi connectivity index (χ1) is 11.6. The first kappa shape index (κ1) is 16.8. The lowest BCUT2D eigenvalue weighted by molar-refractivity contribution is -0.124. The van der Waals surface area contributed by atoms with Gasteiger partial charge in [0.05, 0.1) is 6.61 Å². The van der Waals surface area contributed by atoms with Gasteiger partial charge in [-0.3, -0.25) is 9.69 Å². The molecular weight excluding hydrogens is 324 g/mol. The molecule has 6 heteroatoms. The second-order valence-corrected chi connectivity index (χ2v) is 6.50. The number of thiocarbonyl (C=S) groups is 1. The zero-order valence-corrected chi connectivity index (χ0v) is 14.6. The van der Waals surface area contributed by atoms with Crippen molar-refractivity contribution in [3.63, 3.8) is 0 Å². The van der Waals surface area contributed by atoms with E-state index in [2.05, 4.69) is 5.32 Å². The molecule has 1 aliphatic carbocycles. The smallest absolute Gasteiger partial charge is 0.276 e. The normalized spacial score (nSPS) is 20.5. The summed E-state index contributed by atoms with van der Waals surface area (Å²) in [6, 6.07) is 5.23. The van der Waals surface area contributed by atoms with Gasteiger partial charge in [0.1, 0.15) is 5.70 Å². The zero-order chi connectivity index (χ0) is 17.1. The molecule has 5 nitrogen and oxygen atoms in total. The Kier molecular flexibility index (Phi) is 5.04. The van der Waals surface area contributed by atoms with E-state index < -0.39 is 0 Å². The second-order valence-electron chi connectivity index (χ2n) is 6.12. The molecule has 1 aliphatic heterocycles. The van der Waals surface area contributed by atoms with Gasteiger partial charge in [0.25, 0.3) is 5.91 Å². The summed E-state index contributed by atoms with van der Waals surface area (Å²) in [7, 11) is 0. The van der Waals surface area contributed by atoms with Crippen LogP contribution in [-0.2, 0) is 4.79 Å². The summed E-state index contributed by atoms with van der Waals surface area (Å²) in [5, 5.41) is 13.3.